The van der Waals surface area contributed by atoms with Crippen molar-refractivity contribution in [2.45, 2.75) is 19.3 Å². The molecule has 0 unspecified atom stereocenters. The molecule has 2 aromatic heterocycles. The molecule has 264 valence electrons. The number of hydrogen-bond acceptors (Lipinski definition) is 4. The number of thiophene rings is 1. The molecule has 0 bridgehead atoms. The Kier molecular flexibility index (Phi) is 7.38. The summed E-state index contributed by atoms with van der Waals surface area (Å²) < 4.78 is 0. The van der Waals surface area contributed by atoms with Crippen molar-refractivity contribution in [2.75, 3.05) is 0 Å². The predicted octanol–water partition coefficient (Wildman–Crippen LogP) is 14.0. The van der Waals surface area contributed by atoms with Gasteiger partial charge in [-0.05, 0) is 72.3 Å². The molecular weight excluding hydrogens is 699 g/mol. The van der Waals surface area contributed by atoms with E-state index in [0.29, 0.717) is 17.5 Å². The highest BCUT2D eigenvalue weighted by Crippen LogP contribution is 2.59. The SMILES string of the molecule is CC1(C)c2ccccc2-c2c(-c3ccc4c5ccccc5c5ccccc5c4c3)sc(-c3cccc(-c4nc(-c5ccccc5)nc(-c5ccccc5)n4)c3)c21. The van der Waals surface area contributed by atoms with Gasteiger partial charge in [0, 0.05) is 37.4 Å². The van der Waals surface area contributed by atoms with E-state index in [-0.39, 0.29) is 5.41 Å². The molecule has 0 radical (unpaired) electrons. The smallest absolute Gasteiger partial charge is 0.164 e. The minimum absolute atomic E-state index is 0.195. The van der Waals surface area contributed by atoms with Crippen molar-refractivity contribution in [3.8, 4) is 66.2 Å². The Morgan fingerprint density at radius 3 is 1.46 bits per heavy atom. The van der Waals surface area contributed by atoms with Crippen molar-refractivity contribution in [3.05, 3.63) is 187 Å². The van der Waals surface area contributed by atoms with Crippen molar-refractivity contribution >= 4 is 43.7 Å². The fourth-order valence-electron chi connectivity index (χ4n) is 8.86. The molecule has 0 fully saturated rings. The zero-order valence-corrected chi connectivity index (χ0v) is 31.8. The average Bonchev–Trinajstić information content (AvgIpc) is 3.78. The number of benzene rings is 8. The van der Waals surface area contributed by atoms with Crippen LogP contribution >= 0.6 is 11.3 Å². The van der Waals surface area contributed by atoms with E-state index in [9.17, 15) is 0 Å². The molecule has 11 rings (SSSR count). The summed E-state index contributed by atoms with van der Waals surface area (Å²) in [4.78, 5) is 17.7. The molecule has 0 atom stereocenters. The van der Waals surface area contributed by atoms with E-state index in [0.717, 1.165) is 22.3 Å². The molecule has 56 heavy (non-hydrogen) atoms. The molecule has 1 aliphatic rings. The third-order valence-electron chi connectivity index (χ3n) is 11.5. The first-order valence-corrected chi connectivity index (χ1v) is 19.9. The lowest BCUT2D eigenvalue weighted by Crippen LogP contribution is -2.15. The van der Waals surface area contributed by atoms with Gasteiger partial charge in [-0.15, -0.1) is 11.3 Å². The molecular formula is C52H35N3S. The van der Waals surface area contributed by atoms with Crippen molar-refractivity contribution < 1.29 is 0 Å². The summed E-state index contributed by atoms with van der Waals surface area (Å²) in [6, 6.07) is 62.9. The summed E-state index contributed by atoms with van der Waals surface area (Å²) in [6.07, 6.45) is 0. The summed E-state index contributed by atoms with van der Waals surface area (Å²) >= 11 is 1.90. The van der Waals surface area contributed by atoms with Crippen molar-refractivity contribution in [2.24, 2.45) is 0 Å². The van der Waals surface area contributed by atoms with E-state index >= 15 is 0 Å². The Labute approximate surface area is 329 Å². The van der Waals surface area contributed by atoms with Gasteiger partial charge in [-0.1, -0.05) is 178 Å². The Balaban J connectivity index is 1.13. The molecule has 0 saturated carbocycles. The van der Waals surface area contributed by atoms with E-state index in [1.807, 2.05) is 47.7 Å². The quantitative estimate of drug-likeness (QED) is 0.165. The summed E-state index contributed by atoms with van der Waals surface area (Å²) in [7, 11) is 0. The lowest BCUT2D eigenvalue weighted by atomic mass is 9.81. The van der Waals surface area contributed by atoms with Gasteiger partial charge in [0.15, 0.2) is 17.5 Å². The first-order valence-electron chi connectivity index (χ1n) is 19.1. The van der Waals surface area contributed by atoms with Gasteiger partial charge >= 0.3 is 0 Å². The fourth-order valence-corrected chi connectivity index (χ4v) is 10.3. The van der Waals surface area contributed by atoms with Crippen LogP contribution in [0.25, 0.3) is 98.5 Å². The van der Waals surface area contributed by atoms with E-state index < -0.39 is 0 Å². The zero-order valence-electron chi connectivity index (χ0n) is 31.0. The Hall–Kier alpha value is -6.75. The van der Waals surface area contributed by atoms with Gasteiger partial charge < -0.3 is 0 Å². The Morgan fingerprint density at radius 1 is 0.375 bits per heavy atom. The maximum atomic E-state index is 5.08. The molecule has 0 N–H and O–H groups in total. The molecule has 0 amide bonds. The standard InChI is InChI=1S/C52H35N3S/c1-52(2)44-27-14-13-26-42(44)45-46(52)48(56-47(45)35-28-29-41-39-24-10-9-22-37(39)38-23-11-12-25-40(38)43(41)31-35)34-20-15-21-36(30-34)51-54-49(32-16-5-3-6-17-32)53-50(55-51)33-18-7-4-8-19-33/h3-31H,1-2H3. The van der Waals surface area contributed by atoms with Crippen LogP contribution in [0.2, 0.25) is 0 Å². The minimum Gasteiger partial charge on any atom is -0.208 e. The number of rotatable bonds is 5. The highest BCUT2D eigenvalue weighted by Gasteiger charge is 2.41. The number of nitrogens with zero attached hydrogens (tertiary/aromatic N) is 3. The van der Waals surface area contributed by atoms with Crippen LogP contribution in [-0.4, -0.2) is 15.0 Å². The van der Waals surface area contributed by atoms with Gasteiger partial charge in [0.05, 0.1) is 0 Å². The van der Waals surface area contributed by atoms with Crippen LogP contribution in [0.15, 0.2) is 176 Å². The zero-order chi connectivity index (χ0) is 37.4. The highest BCUT2D eigenvalue weighted by molar-refractivity contribution is 7.19. The van der Waals surface area contributed by atoms with Crippen LogP contribution in [0.4, 0.5) is 0 Å². The van der Waals surface area contributed by atoms with E-state index in [1.165, 1.54) is 69.9 Å². The lowest BCUT2D eigenvalue weighted by Gasteiger charge is -2.22. The molecule has 0 saturated heterocycles. The van der Waals surface area contributed by atoms with Gasteiger partial charge in [-0.2, -0.15) is 0 Å². The number of aromatic nitrogens is 3. The molecule has 10 aromatic rings. The second-order valence-electron chi connectivity index (χ2n) is 15.2. The average molecular weight is 734 g/mol. The van der Waals surface area contributed by atoms with Crippen molar-refractivity contribution in [3.63, 3.8) is 0 Å². The van der Waals surface area contributed by atoms with Crippen LogP contribution < -0.4 is 0 Å². The van der Waals surface area contributed by atoms with Crippen molar-refractivity contribution in [1.29, 1.82) is 0 Å². The third kappa shape index (κ3) is 5.07. The molecule has 1 aliphatic carbocycles. The second kappa shape index (κ2) is 12.7. The van der Waals surface area contributed by atoms with E-state index in [1.54, 1.807) is 0 Å². The van der Waals surface area contributed by atoms with Crippen LogP contribution in [0, 0.1) is 0 Å². The first-order chi connectivity index (χ1) is 27.5. The van der Waals surface area contributed by atoms with E-state index in [2.05, 4.69) is 153 Å². The Bertz CT molecular complexity index is 3070. The van der Waals surface area contributed by atoms with Gasteiger partial charge in [-0.3, -0.25) is 0 Å². The Morgan fingerprint density at radius 2 is 0.839 bits per heavy atom. The number of fused-ring (bicyclic) bond motifs is 9. The largest absolute Gasteiger partial charge is 0.208 e. The van der Waals surface area contributed by atoms with Crippen molar-refractivity contribution in [1.82, 2.24) is 15.0 Å². The predicted molar refractivity (Wildman–Crippen MR) is 235 cm³/mol. The molecule has 4 heteroatoms. The molecule has 2 heterocycles. The minimum atomic E-state index is -0.195. The van der Waals surface area contributed by atoms with Crippen LogP contribution in [0.1, 0.15) is 25.0 Å². The monoisotopic (exact) mass is 733 g/mol. The first kappa shape index (κ1) is 32.7. The third-order valence-corrected chi connectivity index (χ3v) is 12.8. The van der Waals surface area contributed by atoms with Gasteiger partial charge in [-0.25, -0.2) is 15.0 Å². The molecule has 3 nitrogen and oxygen atoms in total. The normalized spacial score (nSPS) is 13.0. The number of hydrogen-bond donors (Lipinski definition) is 0. The van der Waals surface area contributed by atoms with Crippen LogP contribution in [-0.2, 0) is 5.41 Å². The maximum absolute atomic E-state index is 5.08. The molecule has 8 aromatic carbocycles. The lowest BCUT2D eigenvalue weighted by molar-refractivity contribution is 0.664. The van der Waals surface area contributed by atoms with Gasteiger partial charge in [0.25, 0.3) is 0 Å². The highest BCUT2D eigenvalue weighted by atomic mass is 32.1. The summed E-state index contributed by atoms with van der Waals surface area (Å²) in [5.41, 5.74) is 10.5. The summed E-state index contributed by atoms with van der Waals surface area (Å²) in [5, 5.41) is 7.73. The van der Waals surface area contributed by atoms with Gasteiger partial charge in [0.2, 0.25) is 0 Å². The van der Waals surface area contributed by atoms with Gasteiger partial charge in [0.1, 0.15) is 0 Å². The summed E-state index contributed by atoms with van der Waals surface area (Å²) in [6.45, 7) is 4.76. The topological polar surface area (TPSA) is 38.7 Å². The maximum Gasteiger partial charge on any atom is 0.164 e. The second-order valence-corrected chi connectivity index (χ2v) is 16.2. The van der Waals surface area contributed by atoms with Crippen LogP contribution in [0.5, 0.6) is 0 Å². The molecule has 0 spiro atoms. The molecule has 0 aliphatic heterocycles. The summed E-state index contributed by atoms with van der Waals surface area (Å²) in [5.74, 6) is 1.98. The van der Waals surface area contributed by atoms with Crippen LogP contribution in [0.3, 0.4) is 0 Å². The van der Waals surface area contributed by atoms with E-state index in [4.69, 9.17) is 15.0 Å². The fraction of sp³-hybridized carbons (Fsp3) is 0.0577.